The van der Waals surface area contributed by atoms with E-state index in [1.807, 2.05) is 62.4 Å². The van der Waals surface area contributed by atoms with Gasteiger partial charge in [-0.05, 0) is 74.4 Å². The molecule has 8 heteroatoms. The van der Waals surface area contributed by atoms with Crippen molar-refractivity contribution in [2.24, 2.45) is 4.99 Å². The number of aliphatic imine (C=N–C) groups is 1. The molecule has 8 nitrogen and oxygen atoms in total. The Bertz CT molecular complexity index is 1350. The smallest absolute Gasteiger partial charge is 0.289 e. The second kappa shape index (κ2) is 9.35. The van der Waals surface area contributed by atoms with E-state index in [1.54, 1.807) is 12.5 Å². The number of aromatic nitrogens is 3. The number of ether oxygens (including phenoxy) is 2. The lowest BCUT2D eigenvalue weighted by atomic mass is 10.1. The number of anilines is 3. The van der Waals surface area contributed by atoms with Crippen LogP contribution in [0.1, 0.15) is 24.6 Å². The fourth-order valence-electron chi connectivity index (χ4n) is 3.67. The van der Waals surface area contributed by atoms with Crippen LogP contribution in [-0.2, 0) is 4.74 Å². The molecule has 0 spiro atoms. The molecule has 1 aliphatic rings. The lowest BCUT2D eigenvalue weighted by Crippen LogP contribution is -2.11. The van der Waals surface area contributed by atoms with Gasteiger partial charge in [-0.25, -0.2) is 15.0 Å². The lowest BCUT2D eigenvalue weighted by Gasteiger charge is -2.13. The molecule has 0 aliphatic carbocycles. The standard InChI is InChI=1S/C26H26N6O2/c1-4-18-14-33-26(31-18)32-20-6-9-23-22(12-20)25(29-15-28-23)30-19-7-10-24(16(2)11-19)34-21-8-5-17(3)27-13-21/h5-13,15,18H,4,14H2,1-3H3,(H,31,32)(H,28,29,30). The van der Waals surface area contributed by atoms with E-state index in [2.05, 4.69) is 37.5 Å². The van der Waals surface area contributed by atoms with Crippen molar-refractivity contribution in [1.29, 1.82) is 0 Å². The van der Waals surface area contributed by atoms with Crippen LogP contribution in [0.2, 0.25) is 0 Å². The minimum absolute atomic E-state index is 0.209. The fourth-order valence-corrected chi connectivity index (χ4v) is 3.67. The summed E-state index contributed by atoms with van der Waals surface area (Å²) in [6.07, 6.45) is 4.24. The van der Waals surface area contributed by atoms with E-state index in [-0.39, 0.29) is 6.04 Å². The third kappa shape index (κ3) is 4.76. The number of hydrogen-bond acceptors (Lipinski definition) is 8. The number of hydrogen-bond donors (Lipinski definition) is 2. The van der Waals surface area contributed by atoms with Crippen LogP contribution in [0, 0.1) is 13.8 Å². The van der Waals surface area contributed by atoms with E-state index in [0.717, 1.165) is 45.7 Å². The van der Waals surface area contributed by atoms with Gasteiger partial charge in [0.2, 0.25) is 0 Å². The van der Waals surface area contributed by atoms with E-state index in [4.69, 9.17) is 9.47 Å². The van der Waals surface area contributed by atoms with Gasteiger partial charge >= 0.3 is 0 Å². The topological polar surface area (TPSA) is 93.5 Å². The molecule has 0 saturated heterocycles. The van der Waals surface area contributed by atoms with Crippen LogP contribution in [0.25, 0.3) is 10.9 Å². The molecule has 2 aromatic carbocycles. The second-order valence-electron chi connectivity index (χ2n) is 8.23. The summed E-state index contributed by atoms with van der Waals surface area (Å²) >= 11 is 0. The predicted octanol–water partition coefficient (Wildman–Crippen LogP) is 5.75. The van der Waals surface area contributed by atoms with Crippen molar-refractivity contribution in [3.8, 4) is 11.5 Å². The number of rotatable bonds is 6. The van der Waals surface area contributed by atoms with Gasteiger partial charge in [0.15, 0.2) is 0 Å². The first-order chi connectivity index (χ1) is 16.6. The van der Waals surface area contributed by atoms with Crippen molar-refractivity contribution in [3.63, 3.8) is 0 Å². The lowest BCUT2D eigenvalue weighted by molar-refractivity contribution is 0.313. The maximum absolute atomic E-state index is 5.99. The van der Waals surface area contributed by atoms with Crippen molar-refractivity contribution in [2.75, 3.05) is 17.2 Å². The summed E-state index contributed by atoms with van der Waals surface area (Å²) in [5.41, 5.74) is 4.56. The molecule has 0 saturated carbocycles. The monoisotopic (exact) mass is 454 g/mol. The highest BCUT2D eigenvalue weighted by atomic mass is 16.5. The minimum Gasteiger partial charge on any atom is -0.463 e. The Kier molecular flexibility index (Phi) is 5.95. The molecule has 2 aromatic heterocycles. The van der Waals surface area contributed by atoms with Gasteiger partial charge in [-0.2, -0.15) is 0 Å². The van der Waals surface area contributed by atoms with E-state index >= 15 is 0 Å². The largest absolute Gasteiger partial charge is 0.463 e. The Morgan fingerprint density at radius 2 is 1.82 bits per heavy atom. The first kappa shape index (κ1) is 21.6. The Morgan fingerprint density at radius 1 is 0.971 bits per heavy atom. The highest BCUT2D eigenvalue weighted by molar-refractivity contribution is 5.97. The minimum atomic E-state index is 0.209. The molecule has 1 aliphatic heterocycles. The van der Waals surface area contributed by atoms with Gasteiger partial charge in [-0.15, -0.1) is 0 Å². The molecule has 1 atom stereocenters. The van der Waals surface area contributed by atoms with Crippen LogP contribution >= 0.6 is 0 Å². The molecule has 0 bridgehead atoms. The Morgan fingerprint density at radius 3 is 2.59 bits per heavy atom. The van der Waals surface area contributed by atoms with Crippen LogP contribution in [0.4, 0.5) is 17.2 Å². The van der Waals surface area contributed by atoms with E-state index in [1.165, 1.54) is 0 Å². The van der Waals surface area contributed by atoms with Gasteiger partial charge in [-0.3, -0.25) is 4.98 Å². The van der Waals surface area contributed by atoms with Gasteiger partial charge in [-0.1, -0.05) is 6.92 Å². The Balaban J connectivity index is 1.36. The fraction of sp³-hybridized carbons (Fsp3) is 0.231. The predicted molar refractivity (Wildman–Crippen MR) is 134 cm³/mol. The molecular weight excluding hydrogens is 428 g/mol. The number of amidine groups is 1. The molecular formula is C26H26N6O2. The van der Waals surface area contributed by atoms with Crippen molar-refractivity contribution in [2.45, 2.75) is 33.2 Å². The zero-order valence-electron chi connectivity index (χ0n) is 19.4. The van der Waals surface area contributed by atoms with E-state index in [0.29, 0.717) is 24.2 Å². The summed E-state index contributed by atoms with van der Waals surface area (Å²) in [6.45, 7) is 6.67. The van der Waals surface area contributed by atoms with Crippen LogP contribution < -0.4 is 15.4 Å². The number of benzene rings is 2. The Hall–Kier alpha value is -4.20. The van der Waals surface area contributed by atoms with Crippen LogP contribution in [0.15, 0.2) is 66.0 Å². The SMILES string of the molecule is CCC1COC(Nc2ccc3ncnc(Nc4ccc(Oc5ccc(C)nc5)c(C)c4)c3c2)=N1. The van der Waals surface area contributed by atoms with E-state index < -0.39 is 0 Å². The zero-order chi connectivity index (χ0) is 23.5. The molecule has 1 unspecified atom stereocenters. The van der Waals surface area contributed by atoms with Gasteiger partial charge < -0.3 is 20.1 Å². The highest BCUT2D eigenvalue weighted by Gasteiger charge is 2.17. The maximum atomic E-state index is 5.99. The number of aryl methyl sites for hydroxylation is 2. The molecule has 5 rings (SSSR count). The van der Waals surface area contributed by atoms with Crippen molar-refractivity contribution >= 4 is 34.1 Å². The second-order valence-corrected chi connectivity index (χ2v) is 8.23. The molecule has 2 N–H and O–H groups in total. The molecule has 4 aromatic rings. The normalized spacial score (nSPS) is 15.0. The van der Waals surface area contributed by atoms with Gasteiger partial charge in [0.05, 0.1) is 17.8 Å². The molecule has 0 fully saturated rings. The van der Waals surface area contributed by atoms with Crippen LogP contribution in [0.5, 0.6) is 11.5 Å². The van der Waals surface area contributed by atoms with Gasteiger partial charge in [0, 0.05) is 22.5 Å². The van der Waals surface area contributed by atoms with Crippen molar-refractivity contribution in [1.82, 2.24) is 15.0 Å². The number of fused-ring (bicyclic) bond motifs is 1. The van der Waals surface area contributed by atoms with Crippen molar-refractivity contribution < 1.29 is 9.47 Å². The average Bonchev–Trinajstić information content (AvgIpc) is 3.30. The first-order valence-corrected chi connectivity index (χ1v) is 11.3. The van der Waals surface area contributed by atoms with Crippen molar-refractivity contribution in [3.05, 3.63) is 72.3 Å². The summed E-state index contributed by atoms with van der Waals surface area (Å²) in [4.78, 5) is 17.7. The molecule has 0 radical (unpaired) electrons. The zero-order valence-corrected chi connectivity index (χ0v) is 19.4. The summed E-state index contributed by atoms with van der Waals surface area (Å²) in [5, 5.41) is 7.56. The third-order valence-corrected chi connectivity index (χ3v) is 5.62. The summed E-state index contributed by atoms with van der Waals surface area (Å²) in [6, 6.07) is 16.4. The number of pyridine rings is 1. The quantitative estimate of drug-likeness (QED) is 0.383. The van der Waals surface area contributed by atoms with E-state index in [9.17, 15) is 0 Å². The van der Waals surface area contributed by atoms with Crippen LogP contribution in [0.3, 0.4) is 0 Å². The Labute approximate surface area is 198 Å². The highest BCUT2D eigenvalue weighted by Crippen LogP contribution is 2.30. The third-order valence-electron chi connectivity index (χ3n) is 5.62. The summed E-state index contributed by atoms with van der Waals surface area (Å²) in [5.74, 6) is 2.19. The number of nitrogens with zero attached hydrogens (tertiary/aromatic N) is 4. The molecule has 172 valence electrons. The number of nitrogens with one attached hydrogen (secondary N) is 2. The van der Waals surface area contributed by atoms with Crippen LogP contribution in [-0.4, -0.2) is 33.6 Å². The van der Waals surface area contributed by atoms with Gasteiger partial charge in [0.1, 0.15) is 30.3 Å². The van der Waals surface area contributed by atoms with Gasteiger partial charge in [0.25, 0.3) is 6.02 Å². The summed E-state index contributed by atoms with van der Waals surface area (Å²) in [7, 11) is 0. The maximum Gasteiger partial charge on any atom is 0.289 e. The molecule has 3 heterocycles. The molecule has 34 heavy (non-hydrogen) atoms. The molecule has 0 amide bonds. The average molecular weight is 455 g/mol. The summed E-state index contributed by atoms with van der Waals surface area (Å²) < 4.78 is 11.6. The first-order valence-electron chi connectivity index (χ1n) is 11.3.